The van der Waals surface area contributed by atoms with Gasteiger partial charge in [-0.2, -0.15) is 0 Å². The molecule has 1 aromatic carbocycles. The maximum atomic E-state index is 11.7. The highest BCUT2D eigenvalue weighted by atomic mass is 16.5. The number of hydrogen-bond acceptors (Lipinski definition) is 4. The molecule has 0 radical (unpaired) electrons. The van der Waals surface area contributed by atoms with Crippen LogP contribution in [0.25, 0.3) is 0 Å². The molecular weight excluding hydrogens is 240 g/mol. The first-order valence-electron chi connectivity index (χ1n) is 5.13. The summed E-state index contributed by atoms with van der Waals surface area (Å²) in [6.45, 7) is -0.648. The highest BCUT2D eigenvalue weighted by Crippen LogP contribution is 2.31. The Labute approximate surface area is 102 Å². The standard InChI is InChI=1S/C11H10N2O5/c14-8-5-18-10-6(2-1-3-7(10)13-8)11(17)12-4-9(15)16/h1-3H,4-5H2,(H,12,17)(H,13,14)(H,15,16). The summed E-state index contributed by atoms with van der Waals surface area (Å²) in [6.07, 6.45) is 0. The molecule has 0 saturated heterocycles. The van der Waals surface area contributed by atoms with Crippen LogP contribution < -0.4 is 15.4 Å². The minimum absolute atomic E-state index is 0.170. The second-order valence-corrected chi connectivity index (χ2v) is 3.60. The van der Waals surface area contributed by atoms with Crippen LogP contribution in [-0.4, -0.2) is 36.0 Å². The van der Waals surface area contributed by atoms with Crippen molar-refractivity contribution >= 4 is 23.5 Å². The third-order valence-electron chi connectivity index (χ3n) is 2.28. The molecule has 3 N–H and O–H groups in total. The Hall–Kier alpha value is -2.57. The minimum Gasteiger partial charge on any atom is -0.481 e. The number of para-hydroxylation sites is 1. The number of carboxylic acids is 1. The van der Waals surface area contributed by atoms with E-state index in [1.165, 1.54) is 6.07 Å². The number of anilines is 1. The topological polar surface area (TPSA) is 105 Å². The average molecular weight is 250 g/mol. The van der Waals surface area contributed by atoms with Crippen molar-refractivity contribution < 1.29 is 24.2 Å². The predicted octanol–water partition coefficient (Wildman–Crippen LogP) is -0.168. The van der Waals surface area contributed by atoms with Crippen LogP contribution in [0.2, 0.25) is 0 Å². The molecule has 7 nitrogen and oxygen atoms in total. The molecule has 0 aromatic heterocycles. The van der Waals surface area contributed by atoms with Gasteiger partial charge < -0.3 is 20.5 Å². The Kier molecular flexibility index (Phi) is 3.13. The van der Waals surface area contributed by atoms with Gasteiger partial charge in [0.25, 0.3) is 11.8 Å². The number of hydrogen-bond donors (Lipinski definition) is 3. The van der Waals surface area contributed by atoms with Gasteiger partial charge in [-0.1, -0.05) is 6.07 Å². The van der Waals surface area contributed by atoms with Gasteiger partial charge in [0, 0.05) is 0 Å². The van der Waals surface area contributed by atoms with Crippen molar-refractivity contribution in [3.05, 3.63) is 23.8 Å². The summed E-state index contributed by atoms with van der Waals surface area (Å²) in [5.74, 6) is -1.75. The Bertz CT molecular complexity index is 526. The van der Waals surface area contributed by atoms with Gasteiger partial charge in [-0.15, -0.1) is 0 Å². The summed E-state index contributed by atoms with van der Waals surface area (Å²) < 4.78 is 5.17. The SMILES string of the molecule is O=C(O)CNC(=O)c1cccc2c1OCC(=O)N2. The molecule has 1 aliphatic rings. The van der Waals surface area contributed by atoms with Crippen molar-refractivity contribution in [1.29, 1.82) is 0 Å². The Balaban J connectivity index is 2.23. The molecule has 0 saturated carbocycles. The van der Waals surface area contributed by atoms with E-state index in [0.29, 0.717) is 5.69 Å². The van der Waals surface area contributed by atoms with Gasteiger partial charge in [-0.25, -0.2) is 0 Å². The zero-order valence-electron chi connectivity index (χ0n) is 9.23. The minimum atomic E-state index is -1.14. The fourth-order valence-electron chi connectivity index (χ4n) is 1.54. The van der Waals surface area contributed by atoms with Crippen LogP contribution in [0.15, 0.2) is 18.2 Å². The first kappa shape index (κ1) is 11.9. The molecule has 1 aliphatic heterocycles. The number of carboxylic acid groups (broad SMARTS) is 1. The molecule has 7 heteroatoms. The highest BCUT2D eigenvalue weighted by molar-refractivity contribution is 6.03. The van der Waals surface area contributed by atoms with E-state index in [4.69, 9.17) is 9.84 Å². The zero-order chi connectivity index (χ0) is 13.1. The summed E-state index contributed by atoms with van der Waals surface area (Å²) in [7, 11) is 0. The van der Waals surface area contributed by atoms with Crippen LogP contribution in [0.5, 0.6) is 5.75 Å². The average Bonchev–Trinajstić information content (AvgIpc) is 2.34. The number of amides is 2. The second-order valence-electron chi connectivity index (χ2n) is 3.60. The number of ether oxygens (including phenoxy) is 1. The van der Waals surface area contributed by atoms with Gasteiger partial charge in [0.15, 0.2) is 12.4 Å². The summed E-state index contributed by atoms with van der Waals surface area (Å²) in [5, 5.41) is 13.3. The molecule has 18 heavy (non-hydrogen) atoms. The smallest absolute Gasteiger partial charge is 0.322 e. The van der Waals surface area contributed by atoms with Gasteiger partial charge in [0.1, 0.15) is 6.54 Å². The molecule has 0 bridgehead atoms. The molecule has 1 heterocycles. The van der Waals surface area contributed by atoms with E-state index < -0.39 is 18.4 Å². The van der Waals surface area contributed by atoms with Crippen LogP contribution in [0, 0.1) is 0 Å². The zero-order valence-corrected chi connectivity index (χ0v) is 9.23. The van der Waals surface area contributed by atoms with Crippen molar-refractivity contribution in [3.8, 4) is 5.75 Å². The molecule has 2 rings (SSSR count). The Morgan fingerprint density at radius 2 is 2.22 bits per heavy atom. The molecular formula is C11H10N2O5. The van der Waals surface area contributed by atoms with Crippen LogP contribution in [-0.2, 0) is 9.59 Å². The van der Waals surface area contributed by atoms with E-state index in [1.54, 1.807) is 12.1 Å². The van der Waals surface area contributed by atoms with E-state index in [-0.39, 0.29) is 23.8 Å². The third-order valence-corrected chi connectivity index (χ3v) is 2.28. The molecule has 0 spiro atoms. The molecule has 0 fully saturated rings. The van der Waals surface area contributed by atoms with Crippen molar-refractivity contribution in [2.24, 2.45) is 0 Å². The summed E-state index contributed by atoms with van der Waals surface area (Å²) in [4.78, 5) is 33.2. The van der Waals surface area contributed by atoms with Crippen LogP contribution in [0.1, 0.15) is 10.4 Å². The lowest BCUT2D eigenvalue weighted by atomic mass is 10.1. The normalized spacial score (nSPS) is 13.0. The van der Waals surface area contributed by atoms with E-state index in [9.17, 15) is 14.4 Å². The lowest BCUT2D eigenvalue weighted by Crippen LogP contribution is -2.31. The summed E-state index contributed by atoms with van der Waals surface area (Å²) in [6, 6.07) is 4.66. The van der Waals surface area contributed by atoms with E-state index in [0.717, 1.165) is 0 Å². The number of rotatable bonds is 3. The molecule has 94 valence electrons. The third kappa shape index (κ3) is 2.40. The number of aliphatic carboxylic acids is 1. The largest absolute Gasteiger partial charge is 0.481 e. The number of benzene rings is 1. The monoisotopic (exact) mass is 250 g/mol. The first-order valence-corrected chi connectivity index (χ1v) is 5.13. The molecule has 2 amide bonds. The van der Waals surface area contributed by atoms with Gasteiger partial charge in [0.05, 0.1) is 11.3 Å². The fraction of sp³-hybridized carbons (Fsp3) is 0.182. The van der Waals surface area contributed by atoms with Gasteiger partial charge >= 0.3 is 5.97 Å². The van der Waals surface area contributed by atoms with E-state index >= 15 is 0 Å². The molecule has 0 atom stereocenters. The predicted molar refractivity (Wildman–Crippen MR) is 60.5 cm³/mol. The van der Waals surface area contributed by atoms with Crippen LogP contribution >= 0.6 is 0 Å². The Morgan fingerprint density at radius 1 is 1.44 bits per heavy atom. The first-order chi connectivity index (χ1) is 8.58. The summed E-state index contributed by atoms with van der Waals surface area (Å²) >= 11 is 0. The van der Waals surface area contributed by atoms with Crippen molar-refractivity contribution in [2.45, 2.75) is 0 Å². The maximum Gasteiger partial charge on any atom is 0.322 e. The number of fused-ring (bicyclic) bond motifs is 1. The van der Waals surface area contributed by atoms with Crippen LogP contribution in [0.4, 0.5) is 5.69 Å². The number of nitrogens with one attached hydrogen (secondary N) is 2. The van der Waals surface area contributed by atoms with Crippen molar-refractivity contribution in [1.82, 2.24) is 5.32 Å². The highest BCUT2D eigenvalue weighted by Gasteiger charge is 2.22. The van der Waals surface area contributed by atoms with E-state index in [1.807, 2.05) is 0 Å². The van der Waals surface area contributed by atoms with Gasteiger partial charge in [0.2, 0.25) is 0 Å². The number of carbonyl (C=O) groups is 3. The molecule has 1 aromatic rings. The fourth-order valence-corrected chi connectivity index (χ4v) is 1.54. The van der Waals surface area contributed by atoms with Gasteiger partial charge in [-0.05, 0) is 12.1 Å². The lowest BCUT2D eigenvalue weighted by Gasteiger charge is -2.20. The maximum absolute atomic E-state index is 11.7. The Morgan fingerprint density at radius 3 is 2.94 bits per heavy atom. The second kappa shape index (κ2) is 4.74. The van der Waals surface area contributed by atoms with Crippen molar-refractivity contribution in [3.63, 3.8) is 0 Å². The van der Waals surface area contributed by atoms with Gasteiger partial charge in [-0.3, -0.25) is 14.4 Å². The lowest BCUT2D eigenvalue weighted by molar-refractivity contribution is -0.135. The van der Waals surface area contributed by atoms with E-state index in [2.05, 4.69) is 10.6 Å². The van der Waals surface area contributed by atoms with Crippen LogP contribution in [0.3, 0.4) is 0 Å². The van der Waals surface area contributed by atoms with Crippen molar-refractivity contribution in [2.75, 3.05) is 18.5 Å². The molecule has 0 unspecified atom stereocenters. The number of carbonyl (C=O) groups excluding carboxylic acids is 2. The summed E-state index contributed by atoms with van der Waals surface area (Å²) in [5.41, 5.74) is 0.586. The quantitative estimate of drug-likeness (QED) is 0.691. The molecule has 0 aliphatic carbocycles.